The Labute approximate surface area is 113 Å². The van der Waals surface area contributed by atoms with Crippen molar-refractivity contribution in [3.63, 3.8) is 0 Å². The van der Waals surface area contributed by atoms with E-state index in [1.807, 2.05) is 23.9 Å². The molecule has 1 N–H and O–H groups in total. The van der Waals surface area contributed by atoms with E-state index in [1.165, 1.54) is 11.1 Å². The number of ether oxygens (including phenoxy) is 2. The van der Waals surface area contributed by atoms with Gasteiger partial charge < -0.3 is 14.6 Å². The van der Waals surface area contributed by atoms with E-state index in [0.29, 0.717) is 5.92 Å². The Bertz CT molecular complexity index is 380. The van der Waals surface area contributed by atoms with Crippen LogP contribution in [-0.2, 0) is 5.75 Å². The molecule has 1 aromatic rings. The molecule has 0 saturated heterocycles. The normalized spacial score (nSPS) is 12.3. The highest BCUT2D eigenvalue weighted by Gasteiger charge is 2.09. The van der Waals surface area contributed by atoms with Crippen LogP contribution in [0.1, 0.15) is 18.1 Å². The van der Waals surface area contributed by atoms with Crippen molar-refractivity contribution in [1.29, 1.82) is 0 Å². The van der Waals surface area contributed by atoms with Gasteiger partial charge in [0.05, 0.1) is 14.2 Å². The summed E-state index contributed by atoms with van der Waals surface area (Å²) in [7, 11) is 3.30. The highest BCUT2D eigenvalue weighted by molar-refractivity contribution is 7.98. The third kappa shape index (κ3) is 4.10. The first-order valence-electron chi connectivity index (χ1n) is 6.02. The average molecular weight is 270 g/mol. The molecule has 1 aromatic carbocycles. The SMILES string of the molecule is COc1cc(C)c(CSCC(C)CO)cc1OC. The fraction of sp³-hybridized carbons (Fsp3) is 0.571. The number of rotatable bonds is 7. The highest BCUT2D eigenvalue weighted by Crippen LogP contribution is 2.32. The molecule has 3 nitrogen and oxygen atoms in total. The van der Waals surface area contributed by atoms with Gasteiger partial charge in [-0.15, -0.1) is 0 Å². The summed E-state index contributed by atoms with van der Waals surface area (Å²) in [6.07, 6.45) is 0. The van der Waals surface area contributed by atoms with Gasteiger partial charge in [-0.1, -0.05) is 6.92 Å². The Hall–Kier alpha value is -0.870. The molecule has 0 aliphatic rings. The minimum absolute atomic E-state index is 0.248. The molecule has 0 spiro atoms. The lowest BCUT2D eigenvalue weighted by Gasteiger charge is -2.13. The van der Waals surface area contributed by atoms with Crippen LogP contribution in [0.3, 0.4) is 0 Å². The predicted octanol–water partition coefficient (Wildman–Crippen LogP) is 2.87. The van der Waals surface area contributed by atoms with E-state index in [9.17, 15) is 0 Å². The van der Waals surface area contributed by atoms with Crippen molar-refractivity contribution in [2.24, 2.45) is 5.92 Å². The summed E-state index contributed by atoms with van der Waals surface area (Å²) in [6.45, 7) is 4.37. The van der Waals surface area contributed by atoms with Crippen molar-refractivity contribution in [2.45, 2.75) is 19.6 Å². The van der Waals surface area contributed by atoms with Gasteiger partial charge >= 0.3 is 0 Å². The first-order chi connectivity index (χ1) is 8.62. The van der Waals surface area contributed by atoms with Crippen molar-refractivity contribution in [2.75, 3.05) is 26.6 Å². The van der Waals surface area contributed by atoms with Crippen LogP contribution in [0.4, 0.5) is 0 Å². The third-order valence-corrected chi connectivity index (χ3v) is 4.13. The summed E-state index contributed by atoms with van der Waals surface area (Å²) >= 11 is 1.83. The van der Waals surface area contributed by atoms with Crippen molar-refractivity contribution < 1.29 is 14.6 Å². The fourth-order valence-corrected chi connectivity index (χ4v) is 2.76. The van der Waals surface area contributed by atoms with Gasteiger partial charge in [-0.2, -0.15) is 11.8 Å². The topological polar surface area (TPSA) is 38.7 Å². The van der Waals surface area contributed by atoms with Gasteiger partial charge in [-0.3, -0.25) is 0 Å². The van der Waals surface area contributed by atoms with E-state index in [1.54, 1.807) is 14.2 Å². The number of aryl methyl sites for hydroxylation is 1. The molecule has 18 heavy (non-hydrogen) atoms. The first kappa shape index (κ1) is 15.2. The molecule has 1 unspecified atom stereocenters. The third-order valence-electron chi connectivity index (χ3n) is 2.81. The van der Waals surface area contributed by atoms with Gasteiger partial charge in [0.15, 0.2) is 11.5 Å². The largest absolute Gasteiger partial charge is 0.493 e. The molecule has 0 heterocycles. The monoisotopic (exact) mass is 270 g/mol. The molecule has 0 amide bonds. The van der Waals surface area contributed by atoms with Gasteiger partial charge in [0.2, 0.25) is 0 Å². The Morgan fingerprint density at radius 2 is 1.83 bits per heavy atom. The number of thioether (sulfide) groups is 1. The zero-order valence-electron chi connectivity index (χ0n) is 11.5. The molecule has 0 aromatic heterocycles. The Kier molecular flexibility index (Phi) is 6.36. The van der Waals surface area contributed by atoms with E-state index >= 15 is 0 Å². The number of methoxy groups -OCH3 is 2. The molecule has 0 aliphatic carbocycles. The number of aliphatic hydroxyl groups is 1. The molecule has 0 fully saturated rings. The first-order valence-corrected chi connectivity index (χ1v) is 7.18. The summed E-state index contributed by atoms with van der Waals surface area (Å²) < 4.78 is 10.6. The fourth-order valence-electron chi connectivity index (χ4n) is 1.60. The maximum atomic E-state index is 8.99. The summed E-state index contributed by atoms with van der Waals surface area (Å²) in [5.41, 5.74) is 2.46. The van der Waals surface area contributed by atoms with Gasteiger partial charge in [-0.25, -0.2) is 0 Å². The van der Waals surface area contributed by atoms with Crippen molar-refractivity contribution >= 4 is 11.8 Å². The van der Waals surface area contributed by atoms with Crippen LogP contribution in [0, 0.1) is 12.8 Å². The van der Waals surface area contributed by atoms with Crippen LogP contribution >= 0.6 is 11.8 Å². The lowest BCUT2D eigenvalue weighted by Crippen LogP contribution is -2.04. The average Bonchev–Trinajstić information content (AvgIpc) is 2.39. The van der Waals surface area contributed by atoms with Crippen LogP contribution in [-0.4, -0.2) is 31.7 Å². The van der Waals surface area contributed by atoms with E-state index < -0.39 is 0 Å². The standard InChI is InChI=1S/C14H22O3S/c1-10(7-15)8-18-9-12-6-14(17-4)13(16-3)5-11(12)2/h5-6,10,15H,7-9H2,1-4H3. The molecular weight excluding hydrogens is 248 g/mol. The van der Waals surface area contributed by atoms with E-state index in [4.69, 9.17) is 14.6 Å². The van der Waals surface area contributed by atoms with Crippen LogP contribution in [0.2, 0.25) is 0 Å². The number of benzene rings is 1. The van der Waals surface area contributed by atoms with Gasteiger partial charge in [0, 0.05) is 12.4 Å². The Morgan fingerprint density at radius 3 is 2.39 bits per heavy atom. The van der Waals surface area contributed by atoms with E-state index in [-0.39, 0.29) is 6.61 Å². The molecule has 1 atom stereocenters. The number of hydrogen-bond acceptors (Lipinski definition) is 4. The second-order valence-corrected chi connectivity index (χ2v) is 5.47. The van der Waals surface area contributed by atoms with Crippen LogP contribution < -0.4 is 9.47 Å². The minimum Gasteiger partial charge on any atom is -0.493 e. The Morgan fingerprint density at radius 1 is 1.22 bits per heavy atom. The molecule has 0 bridgehead atoms. The predicted molar refractivity (Wildman–Crippen MR) is 76.7 cm³/mol. The van der Waals surface area contributed by atoms with E-state index in [2.05, 4.69) is 13.8 Å². The second kappa shape index (κ2) is 7.54. The summed E-state index contributed by atoms with van der Waals surface area (Å²) in [5.74, 6) is 3.78. The maximum Gasteiger partial charge on any atom is 0.161 e. The summed E-state index contributed by atoms with van der Waals surface area (Å²) in [6, 6.07) is 4.04. The molecule has 0 aliphatic heterocycles. The van der Waals surface area contributed by atoms with Gasteiger partial charge in [0.25, 0.3) is 0 Å². The molecule has 102 valence electrons. The smallest absolute Gasteiger partial charge is 0.161 e. The lowest BCUT2D eigenvalue weighted by atomic mass is 10.1. The lowest BCUT2D eigenvalue weighted by molar-refractivity contribution is 0.250. The maximum absolute atomic E-state index is 8.99. The second-order valence-electron chi connectivity index (χ2n) is 4.44. The van der Waals surface area contributed by atoms with Crippen LogP contribution in [0.15, 0.2) is 12.1 Å². The van der Waals surface area contributed by atoms with E-state index in [0.717, 1.165) is 23.0 Å². The van der Waals surface area contributed by atoms with Gasteiger partial charge in [-0.05, 0) is 41.9 Å². The molecule has 4 heteroatoms. The quantitative estimate of drug-likeness (QED) is 0.827. The summed E-state index contributed by atoms with van der Waals surface area (Å²) in [4.78, 5) is 0. The molecular formula is C14H22O3S. The zero-order chi connectivity index (χ0) is 13.5. The van der Waals surface area contributed by atoms with Crippen molar-refractivity contribution in [3.8, 4) is 11.5 Å². The number of hydrogen-bond donors (Lipinski definition) is 1. The van der Waals surface area contributed by atoms with Crippen LogP contribution in [0.5, 0.6) is 11.5 Å². The zero-order valence-corrected chi connectivity index (χ0v) is 12.3. The Balaban J connectivity index is 2.71. The number of aliphatic hydroxyl groups excluding tert-OH is 1. The van der Waals surface area contributed by atoms with Crippen molar-refractivity contribution in [1.82, 2.24) is 0 Å². The molecule has 0 radical (unpaired) electrons. The van der Waals surface area contributed by atoms with Crippen molar-refractivity contribution in [3.05, 3.63) is 23.3 Å². The van der Waals surface area contributed by atoms with Crippen LogP contribution in [0.25, 0.3) is 0 Å². The molecule has 0 saturated carbocycles. The molecule has 1 rings (SSSR count). The summed E-state index contributed by atoms with van der Waals surface area (Å²) in [5, 5.41) is 8.99. The highest BCUT2D eigenvalue weighted by atomic mass is 32.2. The van der Waals surface area contributed by atoms with Gasteiger partial charge in [0.1, 0.15) is 0 Å². The minimum atomic E-state index is 0.248.